The SMILES string of the molecule is Cc1ccc(C(=O)NCCC[NH+]2CCC(C)CC2)cc1S(=O)(=O)N1CCCCC1. The molecule has 2 heterocycles. The third-order valence-electron chi connectivity index (χ3n) is 6.36. The van der Waals surface area contributed by atoms with E-state index in [4.69, 9.17) is 0 Å². The Morgan fingerprint density at radius 2 is 1.86 bits per heavy atom. The van der Waals surface area contributed by atoms with Crippen LogP contribution >= 0.6 is 0 Å². The van der Waals surface area contributed by atoms with E-state index in [9.17, 15) is 13.2 Å². The van der Waals surface area contributed by atoms with Crippen LogP contribution in [0.1, 0.15) is 61.4 Å². The minimum absolute atomic E-state index is 0.192. The molecule has 3 rings (SSSR count). The van der Waals surface area contributed by atoms with E-state index in [-0.39, 0.29) is 10.8 Å². The van der Waals surface area contributed by atoms with Crippen LogP contribution < -0.4 is 10.2 Å². The highest BCUT2D eigenvalue weighted by molar-refractivity contribution is 7.89. The molecule has 0 bridgehead atoms. The van der Waals surface area contributed by atoms with Crippen molar-refractivity contribution in [2.24, 2.45) is 5.92 Å². The van der Waals surface area contributed by atoms with Gasteiger partial charge in [-0.2, -0.15) is 4.31 Å². The van der Waals surface area contributed by atoms with Gasteiger partial charge in [0.1, 0.15) is 0 Å². The van der Waals surface area contributed by atoms with Crippen LogP contribution in [-0.2, 0) is 10.0 Å². The van der Waals surface area contributed by atoms with Gasteiger partial charge in [0.05, 0.1) is 24.5 Å². The van der Waals surface area contributed by atoms with Gasteiger partial charge >= 0.3 is 0 Å². The number of carbonyl (C=O) groups excluding carboxylic acids is 1. The predicted molar refractivity (Wildman–Crippen MR) is 115 cm³/mol. The summed E-state index contributed by atoms with van der Waals surface area (Å²) in [5.74, 6) is 0.651. The summed E-state index contributed by atoms with van der Waals surface area (Å²) in [4.78, 5) is 14.5. The number of quaternary nitrogens is 1. The normalized spacial score (nSPS) is 23.7. The molecule has 6 nitrogen and oxygen atoms in total. The molecular formula is C22H36N3O3S+. The van der Waals surface area contributed by atoms with Crippen LogP contribution in [0.5, 0.6) is 0 Å². The first kappa shape index (κ1) is 22.2. The van der Waals surface area contributed by atoms with Gasteiger partial charge in [-0.15, -0.1) is 0 Å². The van der Waals surface area contributed by atoms with Crippen molar-refractivity contribution in [3.05, 3.63) is 29.3 Å². The van der Waals surface area contributed by atoms with Crippen LogP contribution in [0.3, 0.4) is 0 Å². The number of likely N-dealkylation sites (tertiary alicyclic amines) is 1. The number of hydrogen-bond acceptors (Lipinski definition) is 3. The van der Waals surface area contributed by atoms with Crippen molar-refractivity contribution in [1.82, 2.24) is 9.62 Å². The molecular weight excluding hydrogens is 386 g/mol. The number of rotatable bonds is 7. The first-order valence-corrected chi connectivity index (χ1v) is 12.5. The number of nitrogens with zero attached hydrogens (tertiary/aromatic N) is 1. The molecule has 0 spiro atoms. The van der Waals surface area contributed by atoms with Gasteiger partial charge in [0, 0.05) is 31.6 Å². The van der Waals surface area contributed by atoms with Crippen molar-refractivity contribution in [2.45, 2.75) is 57.3 Å². The van der Waals surface area contributed by atoms with Crippen LogP contribution in [0.4, 0.5) is 0 Å². The molecule has 162 valence electrons. The fourth-order valence-corrected chi connectivity index (χ4v) is 6.09. The van der Waals surface area contributed by atoms with Crippen molar-refractivity contribution >= 4 is 15.9 Å². The number of piperidine rings is 2. The molecule has 1 aromatic rings. The van der Waals surface area contributed by atoms with Crippen LogP contribution in [0.25, 0.3) is 0 Å². The summed E-state index contributed by atoms with van der Waals surface area (Å²) in [6.07, 6.45) is 6.40. The maximum absolute atomic E-state index is 13.0. The Kier molecular flexibility index (Phi) is 7.71. The number of hydrogen-bond donors (Lipinski definition) is 2. The average Bonchev–Trinajstić information content (AvgIpc) is 2.73. The average molecular weight is 423 g/mol. The van der Waals surface area contributed by atoms with Gasteiger partial charge in [0.25, 0.3) is 5.91 Å². The van der Waals surface area contributed by atoms with E-state index >= 15 is 0 Å². The van der Waals surface area contributed by atoms with Gasteiger partial charge < -0.3 is 10.2 Å². The van der Waals surface area contributed by atoms with E-state index < -0.39 is 10.0 Å². The zero-order chi connectivity index (χ0) is 20.9. The van der Waals surface area contributed by atoms with Crippen molar-refractivity contribution in [2.75, 3.05) is 39.3 Å². The first-order chi connectivity index (χ1) is 13.9. The summed E-state index contributed by atoms with van der Waals surface area (Å²) >= 11 is 0. The van der Waals surface area contributed by atoms with Gasteiger partial charge in [-0.3, -0.25) is 4.79 Å². The molecule has 0 aliphatic carbocycles. The number of benzene rings is 1. The molecule has 0 aromatic heterocycles. The lowest BCUT2D eigenvalue weighted by Gasteiger charge is -2.27. The molecule has 2 aliphatic rings. The highest BCUT2D eigenvalue weighted by Crippen LogP contribution is 2.24. The Morgan fingerprint density at radius 1 is 1.17 bits per heavy atom. The monoisotopic (exact) mass is 422 g/mol. The van der Waals surface area contributed by atoms with Crippen molar-refractivity contribution in [3.63, 3.8) is 0 Å². The lowest BCUT2D eigenvalue weighted by atomic mass is 9.99. The Morgan fingerprint density at radius 3 is 2.55 bits per heavy atom. The largest absolute Gasteiger partial charge is 0.352 e. The quantitative estimate of drug-likeness (QED) is 0.656. The summed E-state index contributed by atoms with van der Waals surface area (Å²) < 4.78 is 27.6. The molecule has 7 heteroatoms. The first-order valence-electron chi connectivity index (χ1n) is 11.1. The zero-order valence-electron chi connectivity index (χ0n) is 17.9. The second-order valence-corrected chi connectivity index (χ2v) is 10.6. The number of amides is 1. The van der Waals surface area contributed by atoms with Crippen LogP contribution in [0, 0.1) is 12.8 Å². The van der Waals surface area contributed by atoms with Gasteiger partial charge in [0.15, 0.2) is 0 Å². The molecule has 0 unspecified atom stereocenters. The molecule has 29 heavy (non-hydrogen) atoms. The second-order valence-electron chi connectivity index (χ2n) is 8.74. The van der Waals surface area contributed by atoms with E-state index in [1.54, 1.807) is 34.3 Å². The van der Waals surface area contributed by atoms with Gasteiger partial charge in [-0.05, 0) is 56.2 Å². The molecule has 2 fully saturated rings. The Hall–Kier alpha value is -1.44. The predicted octanol–water partition coefficient (Wildman–Crippen LogP) is 1.60. The van der Waals surface area contributed by atoms with E-state index in [0.29, 0.717) is 30.8 Å². The summed E-state index contributed by atoms with van der Waals surface area (Å²) in [7, 11) is -3.54. The van der Waals surface area contributed by atoms with Crippen molar-refractivity contribution in [3.8, 4) is 0 Å². The molecule has 0 saturated carbocycles. The van der Waals surface area contributed by atoms with Crippen molar-refractivity contribution in [1.29, 1.82) is 0 Å². The maximum atomic E-state index is 13.0. The Bertz CT molecular complexity index is 796. The van der Waals surface area contributed by atoms with E-state index in [0.717, 1.165) is 38.1 Å². The zero-order valence-corrected chi connectivity index (χ0v) is 18.7. The Balaban J connectivity index is 1.56. The highest BCUT2D eigenvalue weighted by atomic mass is 32.2. The van der Waals surface area contributed by atoms with Gasteiger partial charge in [0.2, 0.25) is 10.0 Å². The lowest BCUT2D eigenvalue weighted by molar-refractivity contribution is -0.906. The van der Waals surface area contributed by atoms with Gasteiger partial charge in [-0.1, -0.05) is 19.4 Å². The third-order valence-corrected chi connectivity index (χ3v) is 8.40. The fraction of sp³-hybridized carbons (Fsp3) is 0.682. The molecule has 0 atom stereocenters. The van der Waals surface area contributed by atoms with Crippen LogP contribution in [0.2, 0.25) is 0 Å². The third kappa shape index (κ3) is 5.80. The molecule has 0 radical (unpaired) electrons. The lowest BCUT2D eigenvalue weighted by Crippen LogP contribution is -3.13. The van der Waals surface area contributed by atoms with Crippen LogP contribution in [-0.4, -0.2) is 57.9 Å². The summed E-state index contributed by atoms with van der Waals surface area (Å²) in [6.45, 7) is 9.40. The maximum Gasteiger partial charge on any atom is 0.251 e. The number of aryl methyl sites for hydroxylation is 1. The van der Waals surface area contributed by atoms with E-state index in [2.05, 4.69) is 12.2 Å². The molecule has 1 amide bonds. The fourth-order valence-electron chi connectivity index (χ4n) is 4.33. The van der Waals surface area contributed by atoms with E-state index in [1.807, 2.05) is 0 Å². The van der Waals surface area contributed by atoms with Crippen molar-refractivity contribution < 1.29 is 18.1 Å². The molecule has 2 N–H and O–H groups in total. The number of nitrogens with one attached hydrogen (secondary N) is 2. The summed E-state index contributed by atoms with van der Waals surface area (Å²) in [5, 5.41) is 2.96. The summed E-state index contributed by atoms with van der Waals surface area (Å²) in [5.41, 5.74) is 1.11. The van der Waals surface area contributed by atoms with Gasteiger partial charge in [-0.25, -0.2) is 8.42 Å². The minimum atomic E-state index is -3.54. The Labute approximate surface area is 175 Å². The number of carbonyl (C=O) groups is 1. The number of sulfonamides is 1. The topological polar surface area (TPSA) is 70.9 Å². The van der Waals surface area contributed by atoms with E-state index in [1.165, 1.54) is 25.9 Å². The standard InChI is InChI=1S/C22H35N3O3S/c1-18-9-15-24(16-10-18)12-6-11-23-22(26)20-8-7-19(2)21(17-20)29(27,28)25-13-4-3-5-14-25/h7-8,17-18H,3-6,9-16H2,1-2H3,(H,23,26)/p+1. The minimum Gasteiger partial charge on any atom is -0.352 e. The molecule has 2 saturated heterocycles. The second kappa shape index (κ2) is 10.0. The summed E-state index contributed by atoms with van der Waals surface area (Å²) in [6, 6.07) is 5.01. The highest BCUT2D eigenvalue weighted by Gasteiger charge is 2.28. The molecule has 1 aromatic carbocycles. The smallest absolute Gasteiger partial charge is 0.251 e. The molecule has 2 aliphatic heterocycles. The van der Waals surface area contributed by atoms with Crippen LogP contribution in [0.15, 0.2) is 23.1 Å².